The van der Waals surface area contributed by atoms with Crippen LogP contribution in [0.3, 0.4) is 0 Å². The summed E-state index contributed by atoms with van der Waals surface area (Å²) in [6.45, 7) is 11.7. The monoisotopic (exact) mass is 491 g/mol. The zero-order chi connectivity index (χ0) is 25.8. The number of allylic oxidation sites excluding steroid dienone is 2. The maximum atomic E-state index is 12.2. The van der Waals surface area contributed by atoms with Gasteiger partial charge in [0.2, 0.25) is 5.91 Å². The summed E-state index contributed by atoms with van der Waals surface area (Å²) in [5.41, 5.74) is 0.285. The number of ether oxygens (including phenoxy) is 4. The fourth-order valence-electron chi connectivity index (χ4n) is 4.93. The first-order chi connectivity index (χ1) is 16.4. The molecule has 0 unspecified atom stereocenters. The maximum Gasteiger partial charge on any atom is 0.303 e. The Hall–Kier alpha value is -2.00. The summed E-state index contributed by atoms with van der Waals surface area (Å²) in [5, 5.41) is 13.6. The number of epoxide rings is 1. The van der Waals surface area contributed by atoms with Gasteiger partial charge in [0.15, 0.2) is 0 Å². The quantitative estimate of drug-likeness (QED) is 0.232. The molecular weight excluding hydrogens is 450 g/mol. The summed E-state index contributed by atoms with van der Waals surface area (Å²) in [6, 6.07) is -0.0670. The Kier molecular flexibility index (Phi) is 8.96. The zero-order valence-electron chi connectivity index (χ0n) is 21.8. The van der Waals surface area contributed by atoms with Crippen molar-refractivity contribution in [3.8, 4) is 0 Å². The zero-order valence-corrected chi connectivity index (χ0v) is 21.8. The van der Waals surface area contributed by atoms with E-state index in [1.807, 2.05) is 39.8 Å². The molecule has 196 valence electrons. The van der Waals surface area contributed by atoms with Crippen LogP contribution in [0, 0.1) is 0 Å². The van der Waals surface area contributed by atoms with Gasteiger partial charge in [-0.25, -0.2) is 0 Å². The number of carbonyl (C=O) groups is 2. The summed E-state index contributed by atoms with van der Waals surface area (Å²) < 4.78 is 22.8. The van der Waals surface area contributed by atoms with Crippen LogP contribution in [0.1, 0.15) is 67.2 Å². The van der Waals surface area contributed by atoms with E-state index in [-0.39, 0.29) is 35.7 Å². The summed E-state index contributed by atoms with van der Waals surface area (Å²) in [5.74, 6) is -0.606. The molecule has 2 N–H and O–H groups in total. The van der Waals surface area contributed by atoms with E-state index in [2.05, 4.69) is 11.4 Å². The van der Waals surface area contributed by atoms with Gasteiger partial charge in [0.1, 0.15) is 23.9 Å². The molecule has 8 nitrogen and oxygen atoms in total. The Labute approximate surface area is 208 Å². The number of hydrogen-bond acceptors (Lipinski definition) is 7. The van der Waals surface area contributed by atoms with Gasteiger partial charge in [0.25, 0.3) is 0 Å². The van der Waals surface area contributed by atoms with E-state index in [0.29, 0.717) is 13.0 Å². The van der Waals surface area contributed by atoms with Crippen molar-refractivity contribution in [2.75, 3.05) is 6.61 Å². The van der Waals surface area contributed by atoms with Crippen molar-refractivity contribution in [1.29, 1.82) is 0 Å². The Bertz CT molecular complexity index is 858. The van der Waals surface area contributed by atoms with Crippen LogP contribution in [0.5, 0.6) is 0 Å². The van der Waals surface area contributed by atoms with Crippen LogP contribution in [-0.2, 0) is 28.5 Å². The van der Waals surface area contributed by atoms with Gasteiger partial charge in [0.05, 0.1) is 30.5 Å². The van der Waals surface area contributed by atoms with Crippen LogP contribution in [0.25, 0.3) is 0 Å². The highest BCUT2D eigenvalue weighted by atomic mass is 16.6. The number of aliphatic hydroxyl groups is 1. The molecule has 0 aromatic heterocycles. The highest BCUT2D eigenvalue weighted by molar-refractivity contribution is 5.87. The standard InChI is InChI=1S/C27H41NO7/c1-17(8-13-23-25(31)27(16-32-27)15-26(5,6)35-23)7-10-21-11-12-22(19(3)34-21)28-24(30)14-9-18(2)33-20(4)29/h7-9,13-14,18-19,21-23,25,31H,10-12,15-16H2,1-6H3,(H,28,30)/b13-8+,14-9-,17-7+/t18-,19-,21+,22-,23-,25-,27-/m1/s1. The highest BCUT2D eigenvalue weighted by Gasteiger charge is 2.60. The van der Waals surface area contributed by atoms with Crippen LogP contribution in [0.4, 0.5) is 0 Å². The van der Waals surface area contributed by atoms with Gasteiger partial charge in [-0.05, 0) is 60.0 Å². The number of nitrogens with one attached hydrogen (secondary N) is 1. The third-order valence-corrected chi connectivity index (χ3v) is 6.77. The molecule has 3 aliphatic rings. The second-order valence-electron chi connectivity index (χ2n) is 10.7. The lowest BCUT2D eigenvalue weighted by molar-refractivity contribution is -0.171. The summed E-state index contributed by atoms with van der Waals surface area (Å²) in [6.07, 6.45) is 10.6. The molecule has 3 saturated heterocycles. The smallest absolute Gasteiger partial charge is 0.303 e. The van der Waals surface area contributed by atoms with Crippen molar-refractivity contribution < 1.29 is 33.6 Å². The highest BCUT2D eigenvalue weighted by Crippen LogP contribution is 2.46. The van der Waals surface area contributed by atoms with Crippen LogP contribution >= 0.6 is 0 Å². The fraction of sp³-hybridized carbons (Fsp3) is 0.704. The molecule has 3 rings (SSSR count). The number of amides is 1. The number of esters is 1. The molecule has 0 radical (unpaired) electrons. The fourth-order valence-corrected chi connectivity index (χ4v) is 4.93. The minimum absolute atomic E-state index is 0.0670. The van der Waals surface area contributed by atoms with Gasteiger partial charge in [0, 0.05) is 19.4 Å². The number of rotatable bonds is 8. The molecule has 1 spiro atoms. The molecule has 0 aromatic carbocycles. The average Bonchev–Trinajstić information content (AvgIpc) is 3.53. The van der Waals surface area contributed by atoms with E-state index >= 15 is 0 Å². The van der Waals surface area contributed by atoms with Crippen molar-refractivity contribution in [3.05, 3.63) is 36.0 Å². The van der Waals surface area contributed by atoms with Crippen LogP contribution in [0.2, 0.25) is 0 Å². The molecule has 8 heteroatoms. The third kappa shape index (κ3) is 8.00. The maximum absolute atomic E-state index is 12.2. The largest absolute Gasteiger partial charge is 0.459 e. The number of hydrogen-bond donors (Lipinski definition) is 2. The van der Waals surface area contributed by atoms with Gasteiger partial charge < -0.3 is 29.4 Å². The Morgan fingerprint density at radius 3 is 2.57 bits per heavy atom. The molecule has 35 heavy (non-hydrogen) atoms. The minimum Gasteiger partial charge on any atom is -0.459 e. The van der Waals surface area contributed by atoms with Crippen molar-refractivity contribution in [3.63, 3.8) is 0 Å². The Morgan fingerprint density at radius 2 is 1.94 bits per heavy atom. The molecule has 0 aromatic rings. The lowest BCUT2D eigenvalue weighted by atomic mass is 9.83. The third-order valence-electron chi connectivity index (χ3n) is 6.77. The first-order valence-corrected chi connectivity index (χ1v) is 12.6. The Morgan fingerprint density at radius 1 is 1.23 bits per heavy atom. The summed E-state index contributed by atoms with van der Waals surface area (Å²) in [4.78, 5) is 23.2. The molecule has 0 aliphatic carbocycles. The average molecular weight is 492 g/mol. The predicted molar refractivity (Wildman–Crippen MR) is 132 cm³/mol. The second-order valence-corrected chi connectivity index (χ2v) is 10.7. The molecular formula is C27H41NO7. The van der Waals surface area contributed by atoms with E-state index < -0.39 is 23.9 Å². The van der Waals surface area contributed by atoms with E-state index in [9.17, 15) is 14.7 Å². The van der Waals surface area contributed by atoms with E-state index in [1.165, 1.54) is 13.0 Å². The minimum atomic E-state index is -0.658. The molecule has 7 atom stereocenters. The van der Waals surface area contributed by atoms with Crippen molar-refractivity contribution in [2.45, 2.75) is 115 Å². The summed E-state index contributed by atoms with van der Waals surface area (Å²) >= 11 is 0. The van der Waals surface area contributed by atoms with Gasteiger partial charge in [-0.1, -0.05) is 23.8 Å². The second kappa shape index (κ2) is 11.4. The molecule has 3 aliphatic heterocycles. The first kappa shape index (κ1) is 27.6. The van der Waals surface area contributed by atoms with Crippen molar-refractivity contribution >= 4 is 11.9 Å². The molecule has 3 heterocycles. The van der Waals surface area contributed by atoms with Gasteiger partial charge >= 0.3 is 5.97 Å². The van der Waals surface area contributed by atoms with Crippen LogP contribution in [-0.4, -0.2) is 71.4 Å². The van der Waals surface area contributed by atoms with Crippen LogP contribution < -0.4 is 5.32 Å². The Balaban J connectivity index is 1.44. The first-order valence-electron chi connectivity index (χ1n) is 12.6. The van der Waals surface area contributed by atoms with E-state index in [0.717, 1.165) is 24.8 Å². The normalized spacial score (nSPS) is 35.9. The molecule has 3 fully saturated rings. The number of carbonyl (C=O) groups excluding carboxylic acids is 2. The van der Waals surface area contributed by atoms with E-state index in [1.54, 1.807) is 13.0 Å². The van der Waals surface area contributed by atoms with Gasteiger partial charge in [-0.2, -0.15) is 0 Å². The molecule has 0 saturated carbocycles. The molecule has 0 bridgehead atoms. The predicted octanol–water partition coefficient (Wildman–Crippen LogP) is 3.14. The lowest BCUT2D eigenvalue weighted by Crippen LogP contribution is -2.53. The van der Waals surface area contributed by atoms with Crippen molar-refractivity contribution in [2.24, 2.45) is 0 Å². The van der Waals surface area contributed by atoms with Gasteiger partial charge in [-0.15, -0.1) is 0 Å². The molecule has 1 amide bonds. The number of aliphatic hydroxyl groups excluding tert-OH is 1. The van der Waals surface area contributed by atoms with E-state index in [4.69, 9.17) is 18.9 Å². The van der Waals surface area contributed by atoms with Crippen LogP contribution in [0.15, 0.2) is 36.0 Å². The van der Waals surface area contributed by atoms with Crippen molar-refractivity contribution in [1.82, 2.24) is 5.32 Å². The topological polar surface area (TPSA) is 107 Å². The van der Waals surface area contributed by atoms with Gasteiger partial charge in [-0.3, -0.25) is 9.59 Å². The SMILES string of the molecule is CC(=O)O[C@H](C)/C=C\C(=O)N[C@@H]1CC[C@H](C/C=C(C)/C=C/[C@H]2OC(C)(C)C[C@@]3(CO3)[C@@H]2O)O[C@@H]1C. The lowest BCUT2D eigenvalue weighted by Gasteiger charge is -2.41. The summed E-state index contributed by atoms with van der Waals surface area (Å²) in [7, 11) is 0.